The number of halogens is 1. The van der Waals surface area contributed by atoms with E-state index in [1.807, 2.05) is 53.1 Å². The highest BCUT2D eigenvalue weighted by molar-refractivity contribution is 6.30. The van der Waals surface area contributed by atoms with E-state index in [1.165, 1.54) is 0 Å². The molecule has 3 rings (SSSR count). The molecule has 2 N–H and O–H groups in total. The van der Waals surface area contributed by atoms with Crippen LogP contribution in [0.4, 0.5) is 0 Å². The molecule has 0 atom stereocenters. The molecule has 0 aliphatic carbocycles. The molecule has 0 spiro atoms. The average molecular weight is 258 g/mol. The molecule has 0 bridgehead atoms. The van der Waals surface area contributed by atoms with E-state index in [1.54, 1.807) is 0 Å². The van der Waals surface area contributed by atoms with Gasteiger partial charge in [0, 0.05) is 10.7 Å². The number of fused-ring (bicyclic) bond motifs is 1. The number of nitrogens with zero attached hydrogens (tertiary/aromatic N) is 2. The van der Waals surface area contributed by atoms with Crippen LogP contribution < -0.4 is 5.73 Å². The third-order valence-corrected chi connectivity index (χ3v) is 3.11. The number of nitrogens with two attached hydrogens (primary N) is 1. The smallest absolute Gasteiger partial charge is 0.128 e. The highest BCUT2D eigenvalue weighted by Gasteiger charge is 2.10. The first-order valence-electron chi connectivity index (χ1n) is 5.72. The molecule has 3 aromatic rings. The van der Waals surface area contributed by atoms with Crippen LogP contribution in [-0.2, 0) is 6.54 Å². The van der Waals surface area contributed by atoms with Crippen molar-refractivity contribution >= 4 is 22.6 Å². The number of aromatic nitrogens is 2. The quantitative estimate of drug-likeness (QED) is 0.767. The maximum Gasteiger partial charge on any atom is 0.128 e. The van der Waals surface area contributed by atoms with Crippen molar-refractivity contribution < 1.29 is 0 Å². The fraction of sp³-hybridized carbons (Fsp3) is 0.0714. The molecular formula is C14H12ClN3. The summed E-state index contributed by atoms with van der Waals surface area (Å²) in [5.41, 5.74) is 8.74. The Hall–Kier alpha value is -1.84. The fourth-order valence-electron chi connectivity index (χ4n) is 2.12. The van der Waals surface area contributed by atoms with Gasteiger partial charge in [-0.25, -0.2) is 4.98 Å². The number of hydrogen-bond acceptors (Lipinski definition) is 2. The summed E-state index contributed by atoms with van der Waals surface area (Å²) in [6, 6.07) is 15.7. The van der Waals surface area contributed by atoms with Gasteiger partial charge in [-0.05, 0) is 30.3 Å². The van der Waals surface area contributed by atoms with E-state index in [-0.39, 0.29) is 0 Å². The normalized spacial score (nSPS) is 11.0. The van der Waals surface area contributed by atoms with Crippen molar-refractivity contribution in [3.63, 3.8) is 0 Å². The Labute approximate surface area is 110 Å². The molecule has 0 amide bonds. The highest BCUT2D eigenvalue weighted by atomic mass is 35.5. The van der Waals surface area contributed by atoms with E-state index in [4.69, 9.17) is 17.3 Å². The molecule has 18 heavy (non-hydrogen) atoms. The van der Waals surface area contributed by atoms with Gasteiger partial charge in [-0.1, -0.05) is 29.8 Å². The molecule has 1 heterocycles. The van der Waals surface area contributed by atoms with Crippen LogP contribution in [0.5, 0.6) is 0 Å². The van der Waals surface area contributed by atoms with Gasteiger partial charge < -0.3 is 5.73 Å². The lowest BCUT2D eigenvalue weighted by atomic mass is 10.3. The number of hydrogen-bond donors (Lipinski definition) is 1. The van der Waals surface area contributed by atoms with Gasteiger partial charge in [0.25, 0.3) is 0 Å². The molecule has 4 heteroatoms. The van der Waals surface area contributed by atoms with Gasteiger partial charge in [0.2, 0.25) is 0 Å². The van der Waals surface area contributed by atoms with Gasteiger partial charge in [0.05, 0.1) is 17.6 Å². The van der Waals surface area contributed by atoms with Crippen LogP contribution in [-0.4, -0.2) is 9.55 Å². The van der Waals surface area contributed by atoms with Crippen molar-refractivity contribution in [3.8, 4) is 5.69 Å². The topological polar surface area (TPSA) is 43.8 Å². The minimum absolute atomic E-state index is 0.390. The van der Waals surface area contributed by atoms with E-state index in [9.17, 15) is 0 Å². The van der Waals surface area contributed by atoms with Gasteiger partial charge in [-0.2, -0.15) is 0 Å². The second-order valence-corrected chi connectivity index (χ2v) is 4.47. The fourth-order valence-corrected chi connectivity index (χ4v) is 2.30. The zero-order valence-corrected chi connectivity index (χ0v) is 10.4. The van der Waals surface area contributed by atoms with Crippen LogP contribution >= 0.6 is 11.6 Å². The van der Waals surface area contributed by atoms with E-state index in [0.29, 0.717) is 11.6 Å². The van der Waals surface area contributed by atoms with Gasteiger partial charge >= 0.3 is 0 Å². The Kier molecular flexibility index (Phi) is 2.78. The second kappa shape index (κ2) is 4.44. The van der Waals surface area contributed by atoms with Gasteiger partial charge in [-0.3, -0.25) is 4.57 Å². The molecule has 0 fully saturated rings. The van der Waals surface area contributed by atoms with Crippen LogP contribution in [0.25, 0.3) is 16.7 Å². The Morgan fingerprint density at radius 3 is 2.72 bits per heavy atom. The first-order valence-corrected chi connectivity index (χ1v) is 6.10. The predicted octanol–water partition coefficient (Wildman–Crippen LogP) is 3.14. The number of para-hydroxylation sites is 2. The van der Waals surface area contributed by atoms with Gasteiger partial charge in [-0.15, -0.1) is 0 Å². The zero-order valence-electron chi connectivity index (χ0n) is 9.68. The van der Waals surface area contributed by atoms with Gasteiger partial charge in [0.15, 0.2) is 0 Å². The Bertz CT molecular complexity index is 703. The minimum Gasteiger partial charge on any atom is -0.324 e. The van der Waals surface area contributed by atoms with Crippen molar-refractivity contribution in [2.24, 2.45) is 5.73 Å². The maximum absolute atomic E-state index is 6.04. The Balaban J connectivity index is 2.33. The Morgan fingerprint density at radius 1 is 1.11 bits per heavy atom. The van der Waals surface area contributed by atoms with Crippen molar-refractivity contribution in [3.05, 3.63) is 59.4 Å². The highest BCUT2D eigenvalue weighted by Crippen LogP contribution is 2.23. The third kappa shape index (κ3) is 1.78. The Morgan fingerprint density at radius 2 is 1.94 bits per heavy atom. The van der Waals surface area contributed by atoms with Crippen molar-refractivity contribution in [1.82, 2.24) is 9.55 Å². The summed E-state index contributed by atoms with van der Waals surface area (Å²) < 4.78 is 2.04. The summed E-state index contributed by atoms with van der Waals surface area (Å²) in [6.07, 6.45) is 0. The summed E-state index contributed by atoms with van der Waals surface area (Å²) in [4.78, 5) is 4.53. The summed E-state index contributed by atoms with van der Waals surface area (Å²) in [5, 5.41) is 0.702. The number of imidazole rings is 1. The maximum atomic E-state index is 6.04. The monoisotopic (exact) mass is 257 g/mol. The summed E-state index contributed by atoms with van der Waals surface area (Å²) in [6.45, 7) is 0.390. The van der Waals surface area contributed by atoms with Crippen LogP contribution in [0.1, 0.15) is 5.82 Å². The lowest BCUT2D eigenvalue weighted by Gasteiger charge is -2.08. The molecule has 90 valence electrons. The first-order chi connectivity index (χ1) is 8.79. The lowest BCUT2D eigenvalue weighted by Crippen LogP contribution is -2.06. The lowest BCUT2D eigenvalue weighted by molar-refractivity contribution is 0.882. The molecular weight excluding hydrogens is 246 g/mol. The molecule has 1 aromatic heterocycles. The van der Waals surface area contributed by atoms with Crippen molar-refractivity contribution in [2.45, 2.75) is 6.54 Å². The van der Waals surface area contributed by atoms with Crippen LogP contribution in [0.2, 0.25) is 5.02 Å². The molecule has 3 nitrogen and oxygen atoms in total. The van der Waals surface area contributed by atoms with Gasteiger partial charge in [0.1, 0.15) is 5.82 Å². The van der Waals surface area contributed by atoms with E-state index in [2.05, 4.69) is 4.98 Å². The first kappa shape index (κ1) is 11.3. The average Bonchev–Trinajstić information content (AvgIpc) is 2.77. The summed E-state index contributed by atoms with van der Waals surface area (Å²) in [5.74, 6) is 0.832. The number of benzene rings is 2. The molecule has 0 radical (unpaired) electrons. The van der Waals surface area contributed by atoms with Crippen molar-refractivity contribution in [1.29, 1.82) is 0 Å². The molecule has 2 aromatic carbocycles. The summed E-state index contributed by atoms with van der Waals surface area (Å²) >= 11 is 6.04. The molecule has 0 unspecified atom stereocenters. The third-order valence-electron chi connectivity index (χ3n) is 2.88. The minimum atomic E-state index is 0.390. The SMILES string of the molecule is NCc1nc2ccccc2n1-c1cccc(Cl)c1. The largest absolute Gasteiger partial charge is 0.324 e. The standard InChI is InChI=1S/C14H12ClN3/c15-10-4-3-5-11(8-10)18-13-7-2-1-6-12(13)17-14(18)9-16/h1-8H,9,16H2. The van der Waals surface area contributed by atoms with E-state index in [0.717, 1.165) is 22.5 Å². The number of rotatable bonds is 2. The molecule has 0 saturated carbocycles. The van der Waals surface area contributed by atoms with E-state index < -0.39 is 0 Å². The predicted molar refractivity (Wildman–Crippen MR) is 74.0 cm³/mol. The zero-order chi connectivity index (χ0) is 12.5. The van der Waals surface area contributed by atoms with E-state index >= 15 is 0 Å². The molecule has 0 saturated heterocycles. The molecule has 0 aliphatic heterocycles. The second-order valence-electron chi connectivity index (χ2n) is 4.04. The molecule has 0 aliphatic rings. The van der Waals surface area contributed by atoms with Crippen LogP contribution in [0.15, 0.2) is 48.5 Å². The van der Waals surface area contributed by atoms with Crippen LogP contribution in [0.3, 0.4) is 0 Å². The van der Waals surface area contributed by atoms with Crippen LogP contribution in [0, 0.1) is 0 Å². The summed E-state index contributed by atoms with van der Waals surface area (Å²) in [7, 11) is 0. The van der Waals surface area contributed by atoms with Crippen molar-refractivity contribution in [2.75, 3.05) is 0 Å².